The third kappa shape index (κ3) is 4.44. The molecular weight excluding hydrogens is 381 g/mol. The number of nitrogens with one attached hydrogen (secondary N) is 1. The maximum atomic E-state index is 12.6. The lowest BCUT2D eigenvalue weighted by molar-refractivity contribution is -0.0497. The van der Waals surface area contributed by atoms with E-state index in [9.17, 15) is 21.6 Å². The summed E-state index contributed by atoms with van der Waals surface area (Å²) in [6.45, 7) is 3.19. The van der Waals surface area contributed by atoms with E-state index in [1.54, 1.807) is 0 Å². The van der Waals surface area contributed by atoms with Gasteiger partial charge in [0, 0.05) is 31.5 Å². The molecule has 10 heteroatoms. The highest BCUT2D eigenvalue weighted by Gasteiger charge is 2.50. The molecule has 150 valence electrons. The third-order valence-corrected chi connectivity index (χ3v) is 6.57. The van der Waals surface area contributed by atoms with Crippen LogP contribution in [0.2, 0.25) is 0 Å². The predicted molar refractivity (Wildman–Crippen MR) is 95.5 cm³/mol. The average Bonchev–Trinajstić information content (AvgIpc) is 2.99. The number of nitrogens with zero attached hydrogens (tertiary/aromatic N) is 3. The molecule has 0 amide bonds. The number of pyridine rings is 1. The van der Waals surface area contributed by atoms with Crippen LogP contribution in [0, 0.1) is 12.8 Å². The highest BCUT2D eigenvalue weighted by atomic mass is 32.2. The number of alkyl halides is 3. The molecule has 0 aliphatic carbocycles. The summed E-state index contributed by atoms with van der Waals surface area (Å²) in [5.74, 6) is 0.225. The van der Waals surface area contributed by atoms with Crippen LogP contribution in [0.4, 0.5) is 13.2 Å². The molecule has 0 unspecified atom stereocenters. The molecule has 1 N–H and O–H groups in total. The molecule has 0 bridgehead atoms. The van der Waals surface area contributed by atoms with Crippen LogP contribution in [0.25, 0.3) is 5.65 Å². The van der Waals surface area contributed by atoms with Crippen molar-refractivity contribution in [2.24, 2.45) is 5.92 Å². The van der Waals surface area contributed by atoms with Crippen molar-refractivity contribution in [3.63, 3.8) is 0 Å². The average molecular weight is 404 g/mol. The molecule has 2 aromatic heterocycles. The second-order valence-electron chi connectivity index (χ2n) is 6.89. The standard InChI is InChI=1S/C17H23F3N4O2S/c1-13-12-24-15(3-2-4-16(24)22-13)11-21-8-5-14-6-9-23(10-7-14)27(25,26)17(18,19)20/h2-4,12,14,21H,5-11H2,1H3. The third-order valence-electron chi connectivity index (χ3n) is 4.94. The monoisotopic (exact) mass is 404 g/mol. The van der Waals surface area contributed by atoms with Gasteiger partial charge in [-0.15, -0.1) is 0 Å². The number of fused-ring (bicyclic) bond motifs is 1. The Labute approximate surface area is 156 Å². The van der Waals surface area contributed by atoms with Crippen LogP contribution in [0.15, 0.2) is 24.4 Å². The minimum Gasteiger partial charge on any atom is -0.311 e. The number of hydrogen-bond acceptors (Lipinski definition) is 4. The van der Waals surface area contributed by atoms with Gasteiger partial charge in [-0.1, -0.05) is 6.07 Å². The van der Waals surface area contributed by atoms with Crippen molar-refractivity contribution in [2.45, 2.75) is 38.2 Å². The van der Waals surface area contributed by atoms with Gasteiger partial charge < -0.3 is 9.72 Å². The van der Waals surface area contributed by atoms with Gasteiger partial charge in [-0.05, 0) is 50.8 Å². The molecule has 3 heterocycles. The maximum Gasteiger partial charge on any atom is 0.511 e. The molecule has 0 aromatic carbocycles. The Morgan fingerprint density at radius 1 is 1.26 bits per heavy atom. The summed E-state index contributed by atoms with van der Waals surface area (Å²) in [5.41, 5.74) is -2.29. The van der Waals surface area contributed by atoms with Gasteiger partial charge >= 0.3 is 15.5 Å². The van der Waals surface area contributed by atoms with Crippen LogP contribution in [-0.4, -0.2) is 47.3 Å². The van der Waals surface area contributed by atoms with Gasteiger partial charge in [0.2, 0.25) is 0 Å². The van der Waals surface area contributed by atoms with E-state index in [1.165, 1.54) is 0 Å². The van der Waals surface area contributed by atoms with Crippen LogP contribution in [0.1, 0.15) is 30.7 Å². The Morgan fingerprint density at radius 2 is 1.96 bits per heavy atom. The number of hydrogen-bond donors (Lipinski definition) is 1. The van der Waals surface area contributed by atoms with Gasteiger partial charge in [0.25, 0.3) is 0 Å². The normalized spacial score (nSPS) is 17.6. The largest absolute Gasteiger partial charge is 0.511 e. The van der Waals surface area contributed by atoms with Crippen molar-refractivity contribution >= 4 is 15.7 Å². The van der Waals surface area contributed by atoms with Crippen LogP contribution < -0.4 is 5.32 Å². The number of imidazole rings is 1. The molecule has 1 fully saturated rings. The number of aryl methyl sites for hydroxylation is 1. The highest BCUT2D eigenvalue weighted by molar-refractivity contribution is 7.90. The predicted octanol–water partition coefficient (Wildman–Crippen LogP) is 2.68. The number of halogens is 3. The van der Waals surface area contributed by atoms with Crippen molar-refractivity contribution in [3.8, 4) is 0 Å². The van der Waals surface area contributed by atoms with E-state index in [4.69, 9.17) is 0 Å². The lowest BCUT2D eigenvalue weighted by Gasteiger charge is -2.31. The molecule has 1 aliphatic rings. The van der Waals surface area contributed by atoms with E-state index in [-0.39, 0.29) is 19.0 Å². The minimum absolute atomic E-state index is 0.0693. The second kappa shape index (κ2) is 7.76. The van der Waals surface area contributed by atoms with Crippen LogP contribution >= 0.6 is 0 Å². The summed E-state index contributed by atoms with van der Waals surface area (Å²) < 4.78 is 63.2. The summed E-state index contributed by atoms with van der Waals surface area (Å²) in [6, 6.07) is 5.91. The molecule has 2 aromatic rings. The van der Waals surface area contributed by atoms with Crippen LogP contribution in [0.3, 0.4) is 0 Å². The topological polar surface area (TPSA) is 66.7 Å². The molecule has 3 rings (SSSR count). The van der Waals surface area contributed by atoms with E-state index in [1.807, 2.05) is 35.7 Å². The molecule has 0 spiro atoms. The Morgan fingerprint density at radius 3 is 2.63 bits per heavy atom. The van der Waals surface area contributed by atoms with E-state index in [0.29, 0.717) is 23.7 Å². The second-order valence-corrected chi connectivity index (χ2v) is 8.82. The molecule has 27 heavy (non-hydrogen) atoms. The summed E-state index contributed by atoms with van der Waals surface area (Å²) in [4.78, 5) is 4.42. The number of aromatic nitrogens is 2. The fraction of sp³-hybridized carbons (Fsp3) is 0.588. The first kappa shape index (κ1) is 20.1. The molecule has 1 saturated heterocycles. The van der Waals surface area contributed by atoms with Gasteiger partial charge in [-0.25, -0.2) is 13.4 Å². The molecule has 0 radical (unpaired) electrons. The Bertz CT molecular complexity index is 887. The van der Waals surface area contributed by atoms with Crippen LogP contribution in [0.5, 0.6) is 0 Å². The number of piperidine rings is 1. The van der Waals surface area contributed by atoms with Gasteiger partial charge in [-0.3, -0.25) is 0 Å². The van der Waals surface area contributed by atoms with Gasteiger partial charge in [0.05, 0.1) is 5.69 Å². The first-order chi connectivity index (χ1) is 12.7. The van der Waals surface area contributed by atoms with Gasteiger partial charge in [-0.2, -0.15) is 17.5 Å². The maximum absolute atomic E-state index is 12.6. The van der Waals surface area contributed by atoms with Crippen LogP contribution in [-0.2, 0) is 16.6 Å². The van der Waals surface area contributed by atoms with Crippen molar-refractivity contribution in [1.82, 2.24) is 19.0 Å². The zero-order valence-corrected chi connectivity index (χ0v) is 15.9. The van der Waals surface area contributed by atoms with Crippen molar-refractivity contribution < 1.29 is 21.6 Å². The van der Waals surface area contributed by atoms with Crippen molar-refractivity contribution in [1.29, 1.82) is 0 Å². The Hall–Kier alpha value is -1.65. The minimum atomic E-state index is -5.21. The van der Waals surface area contributed by atoms with E-state index in [0.717, 1.165) is 30.0 Å². The lowest BCUT2D eigenvalue weighted by atomic mass is 9.95. The molecular formula is C17H23F3N4O2S. The van der Waals surface area contributed by atoms with E-state index in [2.05, 4.69) is 10.3 Å². The highest BCUT2D eigenvalue weighted by Crippen LogP contribution is 2.30. The number of rotatable bonds is 6. The zero-order valence-electron chi connectivity index (χ0n) is 15.0. The van der Waals surface area contributed by atoms with E-state index < -0.39 is 15.5 Å². The molecule has 0 saturated carbocycles. The van der Waals surface area contributed by atoms with Gasteiger partial charge in [0.15, 0.2) is 0 Å². The first-order valence-corrected chi connectivity index (χ1v) is 10.3. The lowest BCUT2D eigenvalue weighted by Crippen LogP contribution is -2.45. The summed E-state index contributed by atoms with van der Waals surface area (Å²) >= 11 is 0. The molecule has 6 nitrogen and oxygen atoms in total. The molecule has 1 aliphatic heterocycles. The fourth-order valence-electron chi connectivity index (χ4n) is 3.44. The Balaban J connectivity index is 1.44. The SMILES string of the molecule is Cc1cn2c(CNCCC3CCN(S(=O)(=O)C(F)(F)F)CC3)cccc2n1. The van der Waals surface area contributed by atoms with Crippen molar-refractivity contribution in [3.05, 3.63) is 35.8 Å². The zero-order chi connectivity index (χ0) is 19.7. The quantitative estimate of drug-likeness (QED) is 0.752. The number of sulfonamides is 1. The molecule has 0 atom stereocenters. The smallest absolute Gasteiger partial charge is 0.311 e. The summed E-state index contributed by atoms with van der Waals surface area (Å²) in [6.07, 6.45) is 3.68. The van der Waals surface area contributed by atoms with E-state index >= 15 is 0 Å². The summed E-state index contributed by atoms with van der Waals surface area (Å²) in [7, 11) is -5.19. The van der Waals surface area contributed by atoms with Crippen molar-refractivity contribution in [2.75, 3.05) is 19.6 Å². The first-order valence-electron chi connectivity index (χ1n) is 8.89. The fourth-order valence-corrected chi connectivity index (χ4v) is 4.43. The summed E-state index contributed by atoms with van der Waals surface area (Å²) in [5, 5.41) is 3.36. The van der Waals surface area contributed by atoms with Gasteiger partial charge in [0.1, 0.15) is 5.65 Å². The Kier molecular flexibility index (Phi) is 5.78.